The molecule has 29 heteroatoms. The molecule has 0 saturated carbocycles. The summed E-state index contributed by atoms with van der Waals surface area (Å²) in [5, 5.41) is 13.0. The molecule has 4 aliphatic rings. The van der Waals surface area contributed by atoms with E-state index in [2.05, 4.69) is 72.0 Å². The standard InChI is InChI=1S/C82H107ClF3N11O10S4/c1-57(59-22-24-61(25-23-59)75-58(2)88-56-109-75)89-78(101)71-19-16-40-97(71)79(102)76(80(3,4)5)91-74(99)21-15-10-8-9-14-20-73(98)87-39-42-93(7)55-81(6)38-36-69(60-26-30-64(83)31-27-60)63(52-81)53-95-43-45-96(46-44-95)66-32-28-62(29-33-66)77(100)92-111(105,106)68-34-35-70(72(51-68)110(103,104)82(84,85)86)90-65(37-41-94-47-49-107-50-48-94)54-108-67-17-12-11-13-18-67/h11-13,17-18,22-35,51,56-57,65,71,76,90H,8-10,14-16,19-21,36-50,52-55H2,1-7H3,(H,87,98)(H,89,101)(H,91,99)(H,92,100)/t57-,65+,71-,76?,81?/m0/s1. The summed E-state index contributed by atoms with van der Waals surface area (Å²) in [4.78, 5) is 83.0. The number of anilines is 2. The van der Waals surface area contributed by atoms with Crippen molar-refractivity contribution in [3.8, 4) is 10.4 Å². The fourth-order valence-corrected chi connectivity index (χ4v) is 19.0. The number of hydrogen-bond donors (Lipinski definition) is 5. The lowest BCUT2D eigenvalue weighted by Crippen LogP contribution is -2.57. The number of allylic oxidation sites excluding steroid dienone is 1. The Kier molecular flexibility index (Phi) is 30.3. The van der Waals surface area contributed by atoms with E-state index >= 15 is 0 Å². The molecule has 5 aromatic carbocycles. The van der Waals surface area contributed by atoms with E-state index in [4.69, 9.17) is 16.3 Å². The third-order valence-electron chi connectivity index (χ3n) is 21.4. The first-order chi connectivity index (χ1) is 52.8. The fourth-order valence-electron chi connectivity index (χ4n) is 15.1. The van der Waals surface area contributed by atoms with Crippen molar-refractivity contribution in [1.29, 1.82) is 0 Å². The first kappa shape index (κ1) is 86.0. The highest BCUT2D eigenvalue weighted by Crippen LogP contribution is 2.44. The Bertz CT molecular complexity index is 4410. The molecule has 0 radical (unpaired) electrons. The third-order valence-corrected chi connectivity index (χ3v) is 26.6. The van der Waals surface area contributed by atoms with E-state index in [1.807, 2.05) is 112 Å². The number of halogens is 4. The summed E-state index contributed by atoms with van der Waals surface area (Å²) in [5.41, 5.74) is 2.58. The zero-order valence-corrected chi connectivity index (χ0v) is 68.7. The number of ether oxygens (including phenoxy) is 1. The predicted octanol–water partition coefficient (Wildman–Crippen LogP) is 13.4. The SMILES string of the molecule is Cc1ncsc1-c1ccc([C@H](C)NC(=O)[C@@H]2CCCN2C(=O)C(NC(=O)CCCCCCCC(=O)NCCN(C)CC2(C)CCC(c3ccc(Cl)cc3)=C(CN3CCN(c4ccc(C(=O)NS(=O)(=O)c5ccc(N[C@H](CCN6CCOCC6)CSc6ccccc6)c(S(=O)(=O)C(F)(F)F)c5)cc4)CC3)C2)C(C)(C)C)cc1. The Morgan fingerprint density at radius 1 is 0.793 bits per heavy atom. The number of piperazine rings is 1. The van der Waals surface area contributed by atoms with Gasteiger partial charge in [-0.1, -0.05) is 119 Å². The van der Waals surface area contributed by atoms with Crippen LogP contribution in [0.15, 0.2) is 147 Å². The number of carbonyl (C=O) groups excluding carboxylic acids is 5. The minimum Gasteiger partial charge on any atom is -0.380 e. The van der Waals surface area contributed by atoms with Gasteiger partial charge in [0.15, 0.2) is 0 Å². The fraction of sp³-hybridized carbons (Fsp3) is 0.512. The van der Waals surface area contributed by atoms with Gasteiger partial charge >= 0.3 is 5.51 Å². The maximum absolute atomic E-state index is 14.4. The zero-order chi connectivity index (χ0) is 79.7. The van der Waals surface area contributed by atoms with Gasteiger partial charge in [-0.3, -0.25) is 33.8 Å². The third kappa shape index (κ3) is 24.1. The number of carbonyl (C=O) groups is 5. The van der Waals surface area contributed by atoms with Crippen LogP contribution < -0.4 is 30.9 Å². The number of hydrogen-bond acceptors (Lipinski definition) is 18. The highest BCUT2D eigenvalue weighted by molar-refractivity contribution is 7.99. The van der Waals surface area contributed by atoms with Gasteiger partial charge in [0, 0.05) is 124 Å². The second kappa shape index (κ2) is 39.1. The van der Waals surface area contributed by atoms with Gasteiger partial charge in [-0.25, -0.2) is 26.5 Å². The number of aromatic nitrogens is 1. The second-order valence-corrected chi connectivity index (χ2v) is 37.1. The first-order valence-corrected chi connectivity index (χ1v) is 43.7. The van der Waals surface area contributed by atoms with Crippen LogP contribution in [0, 0.1) is 17.8 Å². The van der Waals surface area contributed by atoms with E-state index in [1.54, 1.807) is 28.4 Å². The molecule has 2 unspecified atom stereocenters. The van der Waals surface area contributed by atoms with Crippen molar-refractivity contribution in [3.05, 3.63) is 160 Å². The Morgan fingerprint density at radius 3 is 2.12 bits per heavy atom. The molecule has 3 aliphatic heterocycles. The average molecular weight is 1630 g/mol. The van der Waals surface area contributed by atoms with Crippen molar-refractivity contribution in [2.45, 2.75) is 169 Å². The van der Waals surface area contributed by atoms with Crippen LogP contribution in [0.2, 0.25) is 5.02 Å². The van der Waals surface area contributed by atoms with Gasteiger partial charge in [0.25, 0.3) is 25.8 Å². The number of amides is 5. The molecule has 6 aromatic rings. The Balaban J connectivity index is 0.645. The number of sulfonamides is 1. The quantitative estimate of drug-likeness (QED) is 0.0183. The highest BCUT2D eigenvalue weighted by atomic mass is 35.5. The maximum Gasteiger partial charge on any atom is 0.501 e. The van der Waals surface area contributed by atoms with Crippen LogP contribution in [-0.2, 0) is 43.8 Å². The van der Waals surface area contributed by atoms with Crippen LogP contribution in [0.5, 0.6) is 0 Å². The van der Waals surface area contributed by atoms with Gasteiger partial charge in [0.05, 0.1) is 45.9 Å². The predicted molar refractivity (Wildman–Crippen MR) is 434 cm³/mol. The summed E-state index contributed by atoms with van der Waals surface area (Å²) in [6, 6.07) is 32.0. The van der Waals surface area contributed by atoms with E-state index in [0.29, 0.717) is 115 Å². The number of thiazole rings is 1. The molecule has 602 valence electrons. The van der Waals surface area contributed by atoms with Crippen molar-refractivity contribution < 1.29 is 58.7 Å². The number of sulfone groups is 1. The van der Waals surface area contributed by atoms with Gasteiger partial charge in [0.2, 0.25) is 23.6 Å². The Labute approximate surface area is 666 Å². The zero-order valence-electron chi connectivity index (χ0n) is 64.6. The monoisotopic (exact) mass is 1630 g/mol. The van der Waals surface area contributed by atoms with Crippen molar-refractivity contribution in [3.63, 3.8) is 0 Å². The van der Waals surface area contributed by atoms with E-state index in [-0.39, 0.29) is 47.1 Å². The van der Waals surface area contributed by atoms with Gasteiger partial charge in [-0.15, -0.1) is 23.1 Å². The molecular weight excluding hydrogens is 1520 g/mol. The molecule has 10 rings (SSSR count). The smallest absolute Gasteiger partial charge is 0.380 e. The summed E-state index contributed by atoms with van der Waals surface area (Å²) in [6.45, 7) is 21.0. The van der Waals surface area contributed by atoms with Gasteiger partial charge in [-0.2, -0.15) is 13.2 Å². The summed E-state index contributed by atoms with van der Waals surface area (Å²) < 4.78 is 105. The molecule has 5 amide bonds. The summed E-state index contributed by atoms with van der Waals surface area (Å²) in [6.07, 6.45) is 8.97. The summed E-state index contributed by atoms with van der Waals surface area (Å²) >= 11 is 9.41. The molecule has 111 heavy (non-hydrogen) atoms. The van der Waals surface area contributed by atoms with Crippen molar-refractivity contribution in [2.75, 3.05) is 115 Å². The number of aryl methyl sites for hydroxylation is 1. The molecule has 21 nitrogen and oxygen atoms in total. The van der Waals surface area contributed by atoms with Crippen LogP contribution in [0.1, 0.15) is 151 Å². The number of benzene rings is 5. The molecule has 3 fully saturated rings. The molecule has 5 N–H and O–H groups in total. The number of rotatable bonds is 35. The van der Waals surface area contributed by atoms with Crippen molar-refractivity contribution in [1.82, 2.24) is 45.3 Å². The van der Waals surface area contributed by atoms with Crippen LogP contribution in [0.3, 0.4) is 0 Å². The second-order valence-electron chi connectivity index (χ2n) is 31.2. The Hall–Kier alpha value is -7.41. The minimum absolute atomic E-state index is 0.00789. The first-order valence-electron chi connectivity index (χ1n) is 38.5. The summed E-state index contributed by atoms with van der Waals surface area (Å²) in [7, 11) is -8.92. The minimum atomic E-state index is -6.11. The molecule has 1 aliphatic carbocycles. The molecule has 1 aromatic heterocycles. The van der Waals surface area contributed by atoms with E-state index in [9.17, 15) is 54.0 Å². The average Bonchev–Trinajstić information content (AvgIpc) is 1.57. The molecule has 0 spiro atoms. The number of alkyl halides is 3. The van der Waals surface area contributed by atoms with Gasteiger partial charge < -0.3 is 40.7 Å². The van der Waals surface area contributed by atoms with E-state index in [0.717, 1.165) is 121 Å². The number of nitrogens with zero attached hydrogens (tertiary/aromatic N) is 6. The Morgan fingerprint density at radius 2 is 1.46 bits per heavy atom. The van der Waals surface area contributed by atoms with Crippen LogP contribution in [0.4, 0.5) is 24.5 Å². The lowest BCUT2D eigenvalue weighted by molar-refractivity contribution is -0.144. The highest BCUT2D eigenvalue weighted by Gasteiger charge is 2.49. The molecule has 3 saturated heterocycles. The normalized spacial score (nSPS) is 18.5. The number of morpholine rings is 1. The van der Waals surface area contributed by atoms with Crippen molar-refractivity contribution in [2.24, 2.45) is 10.8 Å². The maximum atomic E-state index is 14.4. The van der Waals surface area contributed by atoms with Gasteiger partial charge in [-0.05, 0) is 172 Å². The van der Waals surface area contributed by atoms with Crippen LogP contribution >= 0.6 is 34.7 Å². The molecule has 5 atom stereocenters. The van der Waals surface area contributed by atoms with E-state index < -0.39 is 70.3 Å². The number of thioether (sulfide) groups is 1. The lowest BCUT2D eigenvalue weighted by atomic mass is 9.71. The number of likely N-dealkylation sites (tertiary alicyclic amines) is 1. The van der Waals surface area contributed by atoms with Crippen LogP contribution in [-0.4, -0.2) is 199 Å². The molecule has 0 bridgehead atoms. The number of likely N-dealkylation sites (N-methyl/N-ethyl adjacent to an activating group) is 1. The topological polar surface area (TPSA) is 252 Å². The number of nitrogens with one attached hydrogen (secondary N) is 5. The largest absolute Gasteiger partial charge is 0.501 e. The van der Waals surface area contributed by atoms with Gasteiger partial charge in [0.1, 0.15) is 17.0 Å². The lowest BCUT2D eigenvalue weighted by Gasteiger charge is -2.42. The molecular formula is C82H107ClF3N11O10S4. The van der Waals surface area contributed by atoms with Crippen LogP contribution in [0.25, 0.3) is 16.0 Å². The number of unbranched alkanes of at least 4 members (excludes halogenated alkanes) is 4. The summed E-state index contributed by atoms with van der Waals surface area (Å²) in [5.74, 6) is -1.36. The van der Waals surface area contributed by atoms with E-state index in [1.165, 1.54) is 35.0 Å². The van der Waals surface area contributed by atoms with Crippen molar-refractivity contribution >= 4 is 101 Å². The molecule has 4 heterocycles.